The number of piperidine rings is 1. The fourth-order valence-corrected chi connectivity index (χ4v) is 2.77. The first-order chi connectivity index (χ1) is 9.09. The second-order valence-electron chi connectivity index (χ2n) is 5.26. The summed E-state index contributed by atoms with van der Waals surface area (Å²) >= 11 is 0. The molecule has 0 saturated carbocycles. The van der Waals surface area contributed by atoms with Gasteiger partial charge in [-0.1, -0.05) is 6.92 Å². The lowest BCUT2D eigenvalue weighted by Crippen LogP contribution is -2.48. The Balaban J connectivity index is 2.19. The van der Waals surface area contributed by atoms with Crippen LogP contribution >= 0.6 is 0 Å². The predicted octanol–water partition coefficient (Wildman–Crippen LogP) is 2.13. The Kier molecular flexibility index (Phi) is 4.10. The van der Waals surface area contributed by atoms with E-state index in [0.717, 1.165) is 38.0 Å². The molecular formula is C15H22N2O2. The van der Waals surface area contributed by atoms with Gasteiger partial charge in [0.05, 0.1) is 5.41 Å². The summed E-state index contributed by atoms with van der Waals surface area (Å²) in [6.45, 7) is 3.90. The van der Waals surface area contributed by atoms with E-state index in [1.165, 1.54) is 0 Å². The minimum absolute atomic E-state index is 0.183. The first-order valence-corrected chi connectivity index (χ1v) is 6.87. The van der Waals surface area contributed by atoms with Crippen LogP contribution in [0.4, 0.5) is 5.69 Å². The van der Waals surface area contributed by atoms with Gasteiger partial charge >= 0.3 is 0 Å². The molecule has 1 aliphatic heterocycles. The van der Waals surface area contributed by atoms with Crippen molar-refractivity contribution in [1.82, 2.24) is 5.32 Å². The minimum Gasteiger partial charge on any atom is -0.508 e. The highest BCUT2D eigenvalue weighted by atomic mass is 16.3. The molecule has 104 valence electrons. The van der Waals surface area contributed by atoms with Gasteiger partial charge < -0.3 is 15.3 Å². The molecule has 0 unspecified atom stereocenters. The molecule has 1 amide bonds. The van der Waals surface area contributed by atoms with Crippen molar-refractivity contribution in [3.63, 3.8) is 0 Å². The number of aromatic hydroxyl groups is 1. The number of rotatable bonds is 3. The van der Waals surface area contributed by atoms with Crippen LogP contribution < -0.4 is 10.2 Å². The fraction of sp³-hybridized carbons (Fsp3) is 0.533. The van der Waals surface area contributed by atoms with Crippen molar-refractivity contribution in [2.24, 2.45) is 5.41 Å². The molecule has 0 radical (unpaired) electrons. The maximum Gasteiger partial charge on any atom is 0.233 e. The summed E-state index contributed by atoms with van der Waals surface area (Å²) in [5, 5.41) is 12.6. The van der Waals surface area contributed by atoms with E-state index in [4.69, 9.17) is 0 Å². The lowest BCUT2D eigenvalue weighted by molar-refractivity contribution is -0.129. The van der Waals surface area contributed by atoms with Crippen LogP contribution in [0.25, 0.3) is 0 Å². The average Bonchev–Trinajstić information content (AvgIpc) is 2.47. The van der Waals surface area contributed by atoms with E-state index in [1.807, 2.05) is 7.05 Å². The van der Waals surface area contributed by atoms with Gasteiger partial charge in [-0.05, 0) is 56.6 Å². The number of hydrogen-bond acceptors (Lipinski definition) is 3. The molecule has 0 bridgehead atoms. The van der Waals surface area contributed by atoms with E-state index in [-0.39, 0.29) is 17.1 Å². The number of carbonyl (C=O) groups excluding carboxylic acids is 1. The molecule has 1 aromatic rings. The van der Waals surface area contributed by atoms with E-state index >= 15 is 0 Å². The smallest absolute Gasteiger partial charge is 0.233 e. The van der Waals surface area contributed by atoms with Crippen LogP contribution in [0.3, 0.4) is 0 Å². The summed E-state index contributed by atoms with van der Waals surface area (Å²) in [6.07, 6.45) is 2.66. The standard InChI is InChI=1S/C15H22N2O2/c1-3-15(8-10-16-11-9-15)14(19)17(2)12-4-6-13(18)7-5-12/h4-7,16,18H,3,8-11H2,1-2H3. The second-order valence-corrected chi connectivity index (χ2v) is 5.26. The number of carbonyl (C=O) groups is 1. The minimum atomic E-state index is -0.238. The summed E-state index contributed by atoms with van der Waals surface area (Å²) in [5.74, 6) is 0.402. The molecular weight excluding hydrogens is 240 g/mol. The molecule has 1 heterocycles. The first-order valence-electron chi connectivity index (χ1n) is 6.87. The van der Waals surface area contributed by atoms with Crippen LogP contribution in [0.15, 0.2) is 24.3 Å². The van der Waals surface area contributed by atoms with Crippen molar-refractivity contribution >= 4 is 11.6 Å². The molecule has 1 saturated heterocycles. The summed E-state index contributed by atoms with van der Waals surface area (Å²) in [7, 11) is 1.81. The Labute approximate surface area is 114 Å². The third-order valence-corrected chi connectivity index (χ3v) is 4.23. The van der Waals surface area contributed by atoms with Gasteiger partial charge in [-0.25, -0.2) is 0 Å². The van der Waals surface area contributed by atoms with Crippen molar-refractivity contribution in [3.8, 4) is 5.75 Å². The second kappa shape index (κ2) is 5.61. The van der Waals surface area contributed by atoms with Gasteiger partial charge in [-0.3, -0.25) is 4.79 Å². The van der Waals surface area contributed by atoms with Gasteiger partial charge in [0, 0.05) is 12.7 Å². The van der Waals surface area contributed by atoms with E-state index in [2.05, 4.69) is 12.2 Å². The lowest BCUT2D eigenvalue weighted by atomic mass is 9.75. The highest BCUT2D eigenvalue weighted by molar-refractivity contribution is 5.97. The molecule has 4 heteroatoms. The average molecular weight is 262 g/mol. The number of hydrogen-bond donors (Lipinski definition) is 2. The summed E-state index contributed by atoms with van der Waals surface area (Å²) < 4.78 is 0. The van der Waals surface area contributed by atoms with Crippen LogP contribution in [-0.2, 0) is 4.79 Å². The molecule has 4 nitrogen and oxygen atoms in total. The highest BCUT2D eigenvalue weighted by Crippen LogP contribution is 2.35. The zero-order valence-electron chi connectivity index (χ0n) is 11.6. The Bertz CT molecular complexity index is 436. The van der Waals surface area contributed by atoms with E-state index in [0.29, 0.717) is 0 Å². The monoisotopic (exact) mass is 262 g/mol. The van der Waals surface area contributed by atoms with Crippen molar-refractivity contribution in [2.75, 3.05) is 25.0 Å². The number of nitrogens with one attached hydrogen (secondary N) is 1. The first kappa shape index (κ1) is 13.9. The van der Waals surface area contributed by atoms with Crippen molar-refractivity contribution < 1.29 is 9.90 Å². The Morgan fingerprint density at radius 2 is 1.89 bits per heavy atom. The fourth-order valence-electron chi connectivity index (χ4n) is 2.77. The van der Waals surface area contributed by atoms with Crippen molar-refractivity contribution in [3.05, 3.63) is 24.3 Å². The van der Waals surface area contributed by atoms with Gasteiger partial charge in [0.25, 0.3) is 0 Å². The Morgan fingerprint density at radius 1 is 1.32 bits per heavy atom. The zero-order valence-corrected chi connectivity index (χ0v) is 11.6. The topological polar surface area (TPSA) is 52.6 Å². The van der Waals surface area contributed by atoms with Crippen LogP contribution in [0.2, 0.25) is 0 Å². The summed E-state index contributed by atoms with van der Waals surface area (Å²) in [5.41, 5.74) is 0.590. The molecule has 19 heavy (non-hydrogen) atoms. The number of anilines is 1. The van der Waals surface area contributed by atoms with Crippen LogP contribution in [0.1, 0.15) is 26.2 Å². The van der Waals surface area contributed by atoms with Crippen molar-refractivity contribution in [2.45, 2.75) is 26.2 Å². The maximum absolute atomic E-state index is 12.8. The van der Waals surface area contributed by atoms with E-state index < -0.39 is 0 Å². The predicted molar refractivity (Wildman–Crippen MR) is 76.3 cm³/mol. The number of benzene rings is 1. The molecule has 2 rings (SSSR count). The largest absolute Gasteiger partial charge is 0.508 e. The van der Waals surface area contributed by atoms with Crippen LogP contribution in [0.5, 0.6) is 5.75 Å². The van der Waals surface area contributed by atoms with Gasteiger partial charge in [0.2, 0.25) is 5.91 Å². The highest BCUT2D eigenvalue weighted by Gasteiger charge is 2.39. The zero-order chi connectivity index (χ0) is 13.9. The Morgan fingerprint density at radius 3 is 2.42 bits per heavy atom. The molecule has 0 aliphatic carbocycles. The molecule has 0 spiro atoms. The van der Waals surface area contributed by atoms with Gasteiger partial charge in [-0.15, -0.1) is 0 Å². The molecule has 0 aromatic heterocycles. The maximum atomic E-state index is 12.8. The van der Waals surface area contributed by atoms with E-state index in [9.17, 15) is 9.90 Å². The van der Waals surface area contributed by atoms with Gasteiger partial charge in [0.15, 0.2) is 0 Å². The molecule has 0 atom stereocenters. The SMILES string of the molecule is CCC1(C(=O)N(C)c2ccc(O)cc2)CCNCC1. The quantitative estimate of drug-likeness (QED) is 0.877. The van der Waals surface area contributed by atoms with E-state index in [1.54, 1.807) is 29.2 Å². The number of phenols is 1. The third-order valence-electron chi connectivity index (χ3n) is 4.23. The lowest BCUT2D eigenvalue weighted by Gasteiger charge is -2.38. The molecule has 1 fully saturated rings. The van der Waals surface area contributed by atoms with Crippen LogP contribution in [0, 0.1) is 5.41 Å². The van der Waals surface area contributed by atoms with Gasteiger partial charge in [0.1, 0.15) is 5.75 Å². The number of phenolic OH excluding ortho intramolecular Hbond substituents is 1. The van der Waals surface area contributed by atoms with Crippen molar-refractivity contribution in [1.29, 1.82) is 0 Å². The number of amides is 1. The molecule has 1 aliphatic rings. The van der Waals surface area contributed by atoms with Gasteiger partial charge in [-0.2, -0.15) is 0 Å². The third kappa shape index (κ3) is 2.73. The summed E-state index contributed by atoms with van der Waals surface area (Å²) in [6, 6.07) is 6.77. The molecule has 2 N–H and O–H groups in total. The Hall–Kier alpha value is -1.55. The number of nitrogens with zero attached hydrogens (tertiary/aromatic N) is 1. The van der Waals surface area contributed by atoms with Crippen LogP contribution in [-0.4, -0.2) is 31.2 Å². The normalized spacial score (nSPS) is 18.0. The molecule has 1 aromatic carbocycles. The summed E-state index contributed by atoms with van der Waals surface area (Å²) in [4.78, 5) is 14.5.